The maximum Gasteiger partial charge on any atom is 0.252 e. The molecule has 1 amide bonds. The quantitative estimate of drug-likeness (QED) is 0.653. The lowest BCUT2D eigenvalue weighted by Gasteiger charge is -2.32. The molecule has 2 atom stereocenters. The Morgan fingerprint density at radius 3 is 2.00 bits per heavy atom. The van der Waals surface area contributed by atoms with E-state index in [9.17, 15) is 9.18 Å². The molecule has 130 valence electrons. The Balaban J connectivity index is 0.000000241. The van der Waals surface area contributed by atoms with Gasteiger partial charge in [0.05, 0.1) is 0 Å². The number of amides is 1. The summed E-state index contributed by atoms with van der Waals surface area (Å²) >= 11 is 0. The van der Waals surface area contributed by atoms with Gasteiger partial charge in [-0.3, -0.25) is 9.78 Å². The second-order valence-corrected chi connectivity index (χ2v) is 12.3. The van der Waals surface area contributed by atoms with Crippen LogP contribution in [0.15, 0.2) is 18.3 Å². The minimum atomic E-state index is -1.18. The number of pyridine rings is 1. The second-order valence-electron chi connectivity index (χ2n) is 7.11. The molecule has 0 bridgehead atoms. The number of aliphatic hydroxyl groups is 1. The average molecular weight is 341 g/mol. The van der Waals surface area contributed by atoms with E-state index in [1.54, 1.807) is 0 Å². The highest BCUT2D eigenvalue weighted by molar-refractivity contribution is 6.63. The van der Waals surface area contributed by atoms with Gasteiger partial charge in [-0.25, -0.2) is 4.39 Å². The topological polar surface area (TPSA) is 62.2 Å². The maximum atomic E-state index is 13.0. The summed E-state index contributed by atoms with van der Waals surface area (Å²) in [5.41, 5.74) is 2.99. The first kappa shape index (κ1) is 19.8. The molecule has 0 radical (unpaired) electrons. The Hall–Kier alpha value is -1.27. The van der Waals surface area contributed by atoms with Gasteiger partial charge in [-0.1, -0.05) is 58.2 Å². The molecule has 1 fully saturated rings. The number of hydrogen-bond donors (Lipinski definition) is 2. The van der Waals surface area contributed by atoms with Gasteiger partial charge in [0, 0.05) is 15.0 Å². The molecule has 0 spiro atoms. The van der Waals surface area contributed by atoms with Crippen LogP contribution in [0.25, 0.3) is 0 Å². The van der Waals surface area contributed by atoms with Crippen LogP contribution >= 0.6 is 0 Å². The summed E-state index contributed by atoms with van der Waals surface area (Å²) in [5, 5.41) is 11.5. The molecular formula is C17H29FN2O2Si. The van der Waals surface area contributed by atoms with Gasteiger partial charge in [0.25, 0.3) is 5.91 Å². The van der Waals surface area contributed by atoms with E-state index in [1.165, 1.54) is 18.3 Å². The van der Waals surface area contributed by atoms with E-state index in [-0.39, 0.29) is 5.69 Å². The Morgan fingerprint density at radius 2 is 1.70 bits per heavy atom. The van der Waals surface area contributed by atoms with Crippen LogP contribution in [0.5, 0.6) is 0 Å². The lowest BCUT2D eigenvalue weighted by atomic mass is 9.98. The van der Waals surface area contributed by atoms with Gasteiger partial charge < -0.3 is 10.4 Å². The SMILES string of the molecule is CC(C)[SiH](C(C)C)C(C)C.O=C1NC(c2ncccc2F)C1O. The van der Waals surface area contributed by atoms with Crippen LogP contribution in [0.1, 0.15) is 53.3 Å². The fourth-order valence-corrected chi connectivity index (χ4v) is 8.15. The third-order valence-electron chi connectivity index (χ3n) is 4.27. The fraction of sp³-hybridized carbons (Fsp3) is 0.647. The van der Waals surface area contributed by atoms with Crippen LogP contribution < -0.4 is 5.32 Å². The van der Waals surface area contributed by atoms with Crippen LogP contribution in [0.2, 0.25) is 16.6 Å². The van der Waals surface area contributed by atoms with Crippen molar-refractivity contribution in [2.75, 3.05) is 0 Å². The van der Waals surface area contributed by atoms with Crippen LogP contribution in [-0.2, 0) is 4.79 Å². The van der Waals surface area contributed by atoms with Gasteiger partial charge >= 0.3 is 0 Å². The lowest BCUT2D eigenvalue weighted by Crippen LogP contribution is -2.56. The average Bonchev–Trinajstić information content (AvgIpc) is 2.44. The molecule has 23 heavy (non-hydrogen) atoms. The molecule has 0 saturated carbocycles. The maximum absolute atomic E-state index is 13.0. The molecule has 2 N–H and O–H groups in total. The number of hydrogen-bond acceptors (Lipinski definition) is 3. The van der Waals surface area contributed by atoms with E-state index in [2.05, 4.69) is 51.8 Å². The van der Waals surface area contributed by atoms with E-state index in [4.69, 9.17) is 5.11 Å². The van der Waals surface area contributed by atoms with Crippen LogP contribution in [0.4, 0.5) is 4.39 Å². The van der Waals surface area contributed by atoms with Crippen molar-refractivity contribution in [2.24, 2.45) is 0 Å². The number of aliphatic hydroxyl groups excluding tert-OH is 1. The van der Waals surface area contributed by atoms with E-state index < -0.39 is 32.7 Å². The zero-order valence-electron chi connectivity index (χ0n) is 14.9. The molecule has 1 saturated heterocycles. The normalized spacial score (nSPS) is 20.4. The number of carbonyl (C=O) groups is 1. The molecule has 0 aromatic carbocycles. The summed E-state index contributed by atoms with van der Waals surface area (Å²) in [6.07, 6.45) is 0.236. The molecule has 6 heteroatoms. The van der Waals surface area contributed by atoms with Crippen molar-refractivity contribution < 1.29 is 14.3 Å². The third kappa shape index (κ3) is 5.11. The highest BCUT2D eigenvalue weighted by Crippen LogP contribution is 2.29. The van der Waals surface area contributed by atoms with Crippen molar-refractivity contribution in [3.8, 4) is 0 Å². The first-order chi connectivity index (χ1) is 10.7. The van der Waals surface area contributed by atoms with Gasteiger partial charge in [-0.2, -0.15) is 0 Å². The molecule has 1 aromatic heterocycles. The minimum absolute atomic E-state index is 0.0783. The van der Waals surface area contributed by atoms with Gasteiger partial charge in [-0.15, -0.1) is 0 Å². The minimum Gasteiger partial charge on any atom is -0.381 e. The highest BCUT2D eigenvalue weighted by Gasteiger charge is 2.40. The predicted octanol–water partition coefficient (Wildman–Crippen LogP) is 3.20. The van der Waals surface area contributed by atoms with Crippen LogP contribution in [0, 0.1) is 5.82 Å². The van der Waals surface area contributed by atoms with Crippen molar-refractivity contribution in [3.05, 3.63) is 29.8 Å². The first-order valence-corrected chi connectivity index (χ1v) is 10.3. The number of rotatable bonds is 4. The summed E-state index contributed by atoms with van der Waals surface area (Å²) in [6.45, 7) is 14.3. The monoisotopic (exact) mass is 340 g/mol. The second kappa shape index (κ2) is 8.54. The molecule has 1 aliphatic rings. The molecule has 0 aliphatic carbocycles. The van der Waals surface area contributed by atoms with Crippen molar-refractivity contribution >= 4 is 14.7 Å². The first-order valence-electron chi connectivity index (χ1n) is 8.25. The summed E-state index contributed by atoms with van der Waals surface area (Å²) in [7, 11) is -0.454. The van der Waals surface area contributed by atoms with Crippen molar-refractivity contribution in [1.82, 2.24) is 10.3 Å². The van der Waals surface area contributed by atoms with E-state index in [1.807, 2.05) is 0 Å². The molecule has 1 aromatic rings. The lowest BCUT2D eigenvalue weighted by molar-refractivity contribution is -0.142. The number of β-lactam (4-membered cyclic amide) rings is 1. The number of halogens is 1. The van der Waals surface area contributed by atoms with Gasteiger partial charge in [0.2, 0.25) is 0 Å². The molecule has 2 heterocycles. The summed E-state index contributed by atoms with van der Waals surface area (Å²) in [6, 6.07) is 1.99. The van der Waals surface area contributed by atoms with Gasteiger partial charge in [0.15, 0.2) is 6.10 Å². The number of nitrogens with zero attached hydrogens (tertiary/aromatic N) is 1. The Bertz CT molecular complexity index is 504. The molecule has 4 nitrogen and oxygen atoms in total. The molecular weight excluding hydrogens is 311 g/mol. The van der Waals surface area contributed by atoms with E-state index in [0.717, 1.165) is 16.6 Å². The Morgan fingerprint density at radius 1 is 1.17 bits per heavy atom. The summed E-state index contributed by atoms with van der Waals surface area (Å²) in [5.74, 6) is -1.01. The van der Waals surface area contributed by atoms with Crippen molar-refractivity contribution in [2.45, 2.75) is 70.3 Å². The van der Waals surface area contributed by atoms with Crippen LogP contribution in [-0.4, -0.2) is 30.9 Å². The Labute approximate surface area is 140 Å². The number of aromatic nitrogens is 1. The predicted molar refractivity (Wildman–Crippen MR) is 93.5 cm³/mol. The van der Waals surface area contributed by atoms with Gasteiger partial charge in [0.1, 0.15) is 17.6 Å². The van der Waals surface area contributed by atoms with Crippen LogP contribution in [0.3, 0.4) is 0 Å². The van der Waals surface area contributed by atoms with Gasteiger partial charge in [-0.05, 0) is 12.1 Å². The molecule has 2 rings (SSSR count). The smallest absolute Gasteiger partial charge is 0.252 e. The van der Waals surface area contributed by atoms with Crippen molar-refractivity contribution in [1.29, 1.82) is 0 Å². The van der Waals surface area contributed by atoms with E-state index >= 15 is 0 Å². The molecule has 2 unspecified atom stereocenters. The highest BCUT2D eigenvalue weighted by atomic mass is 28.3. The zero-order valence-corrected chi connectivity index (χ0v) is 16.0. The number of nitrogens with one attached hydrogen (secondary N) is 1. The summed E-state index contributed by atoms with van der Waals surface area (Å²) in [4.78, 5) is 14.3. The van der Waals surface area contributed by atoms with Crippen molar-refractivity contribution in [3.63, 3.8) is 0 Å². The summed E-state index contributed by atoms with van der Waals surface area (Å²) < 4.78 is 13.0. The Kier molecular flexibility index (Phi) is 7.34. The van der Waals surface area contributed by atoms with E-state index in [0.29, 0.717) is 0 Å². The zero-order chi connectivity index (χ0) is 17.7. The third-order valence-corrected chi connectivity index (χ3v) is 8.89. The largest absolute Gasteiger partial charge is 0.381 e. The fourth-order valence-electron chi connectivity index (χ4n) is 3.53. The standard InChI is InChI=1S/C9H22Si.C8H7FN2O2/c1-7(2)10(8(3)4)9(5)6;9-4-2-1-3-10-5(4)6-7(12)8(13)11-6/h7-10H,1-6H3;1-3,6-7,12H,(H,11,13). The molecule has 1 aliphatic heterocycles. The number of carbonyl (C=O) groups excluding carboxylic acids is 1.